The molecule has 0 radical (unpaired) electrons. The Labute approximate surface area is 182 Å². The third-order valence-electron chi connectivity index (χ3n) is 4.89. The van der Waals surface area contributed by atoms with Crippen LogP contribution in [0.3, 0.4) is 0 Å². The summed E-state index contributed by atoms with van der Waals surface area (Å²) in [7, 11) is 3.78. The van der Waals surface area contributed by atoms with E-state index in [-0.39, 0.29) is 17.8 Å². The molecule has 1 amide bonds. The van der Waals surface area contributed by atoms with Gasteiger partial charge in [-0.1, -0.05) is 29.8 Å². The largest absolute Gasteiger partial charge is 0.417 e. The minimum Gasteiger partial charge on any atom is -0.350 e. The summed E-state index contributed by atoms with van der Waals surface area (Å²) in [6.07, 6.45) is -2.37. The summed E-state index contributed by atoms with van der Waals surface area (Å²) in [5.74, 6) is -0.165. The molecule has 31 heavy (non-hydrogen) atoms. The zero-order valence-electron chi connectivity index (χ0n) is 17.1. The first-order valence-electron chi connectivity index (χ1n) is 9.37. The van der Waals surface area contributed by atoms with Crippen molar-refractivity contribution in [2.75, 3.05) is 20.6 Å². The summed E-state index contributed by atoms with van der Waals surface area (Å²) in [4.78, 5) is 18.5. The lowest BCUT2D eigenvalue weighted by molar-refractivity contribution is -0.137. The Balaban J connectivity index is 1.76. The molecule has 0 bridgehead atoms. The molecule has 2 aromatic heterocycles. The minimum absolute atomic E-state index is 0.149. The fourth-order valence-electron chi connectivity index (χ4n) is 3.14. The molecule has 2 heterocycles. The molecule has 164 valence electrons. The number of carbonyl (C=O) groups is 1. The Kier molecular flexibility index (Phi) is 6.66. The van der Waals surface area contributed by atoms with Gasteiger partial charge in [-0.3, -0.25) is 4.79 Å². The van der Waals surface area contributed by atoms with Crippen LogP contribution in [0, 0.1) is 6.92 Å². The quantitative estimate of drug-likeness (QED) is 0.607. The molecular weight excluding hydrogens is 431 g/mol. The van der Waals surface area contributed by atoms with E-state index in [9.17, 15) is 18.0 Å². The lowest BCUT2D eigenvalue weighted by Gasteiger charge is -2.26. The highest BCUT2D eigenvalue weighted by atomic mass is 35.5. The number of hydrogen-bond donors (Lipinski definition) is 1. The summed E-state index contributed by atoms with van der Waals surface area (Å²) in [5, 5.41) is 7.60. The van der Waals surface area contributed by atoms with Crippen LogP contribution in [0.2, 0.25) is 5.02 Å². The van der Waals surface area contributed by atoms with Gasteiger partial charge in [-0.15, -0.1) is 0 Å². The van der Waals surface area contributed by atoms with E-state index < -0.39 is 11.7 Å². The first-order valence-corrected chi connectivity index (χ1v) is 9.74. The highest BCUT2D eigenvalue weighted by molar-refractivity contribution is 6.31. The molecule has 1 aromatic carbocycles. The zero-order valence-corrected chi connectivity index (χ0v) is 17.9. The second-order valence-corrected chi connectivity index (χ2v) is 7.58. The molecule has 0 aliphatic rings. The van der Waals surface area contributed by atoms with Gasteiger partial charge in [0.2, 0.25) is 0 Å². The number of amides is 1. The molecule has 1 atom stereocenters. The normalized spacial score (nSPS) is 12.8. The van der Waals surface area contributed by atoms with E-state index in [4.69, 9.17) is 11.6 Å². The van der Waals surface area contributed by atoms with Gasteiger partial charge in [0.25, 0.3) is 5.91 Å². The van der Waals surface area contributed by atoms with Gasteiger partial charge in [-0.25, -0.2) is 9.67 Å². The Morgan fingerprint density at radius 2 is 1.90 bits per heavy atom. The van der Waals surface area contributed by atoms with Crippen LogP contribution in [0.4, 0.5) is 13.2 Å². The number of aromatic nitrogens is 3. The number of pyridine rings is 1. The lowest BCUT2D eigenvalue weighted by Crippen LogP contribution is -2.34. The first kappa shape index (κ1) is 22.8. The minimum atomic E-state index is -4.47. The van der Waals surface area contributed by atoms with Crippen molar-refractivity contribution in [1.82, 2.24) is 25.0 Å². The molecule has 0 aliphatic heterocycles. The Morgan fingerprint density at radius 3 is 2.48 bits per heavy atom. The van der Waals surface area contributed by atoms with Crippen molar-refractivity contribution in [3.63, 3.8) is 0 Å². The van der Waals surface area contributed by atoms with E-state index in [0.29, 0.717) is 22.8 Å². The Morgan fingerprint density at radius 1 is 1.19 bits per heavy atom. The SMILES string of the molecule is Cc1c(C(=O)NCC(c2ccccc2Cl)N(C)C)cnn1-c1ccc(C(F)(F)F)cn1. The van der Waals surface area contributed by atoms with E-state index >= 15 is 0 Å². The number of alkyl halides is 3. The van der Waals surface area contributed by atoms with Crippen molar-refractivity contribution >= 4 is 17.5 Å². The standard InChI is InChI=1S/C21H21ClF3N5O/c1-13-16(11-28-30(13)19-9-8-14(10-26-19)21(23,24)25)20(31)27-12-18(29(2)3)15-6-4-5-7-17(15)22/h4-11,18H,12H2,1-3H3,(H,27,31). The van der Waals surface area contributed by atoms with Crippen LogP contribution < -0.4 is 5.32 Å². The number of carbonyl (C=O) groups excluding carboxylic acids is 1. The van der Waals surface area contributed by atoms with Gasteiger partial charge in [0, 0.05) is 17.8 Å². The smallest absolute Gasteiger partial charge is 0.350 e. The van der Waals surface area contributed by atoms with Crippen molar-refractivity contribution in [3.8, 4) is 5.82 Å². The van der Waals surface area contributed by atoms with Crippen molar-refractivity contribution in [2.45, 2.75) is 19.1 Å². The number of nitrogens with zero attached hydrogens (tertiary/aromatic N) is 4. The molecule has 3 rings (SSSR count). The Bertz CT molecular complexity index is 1060. The maximum Gasteiger partial charge on any atom is 0.417 e. The molecule has 0 spiro atoms. The number of hydrogen-bond acceptors (Lipinski definition) is 4. The average Bonchev–Trinajstić information content (AvgIpc) is 3.10. The highest BCUT2D eigenvalue weighted by Gasteiger charge is 2.31. The van der Waals surface area contributed by atoms with E-state index in [1.54, 1.807) is 13.0 Å². The van der Waals surface area contributed by atoms with Crippen LogP contribution in [0.5, 0.6) is 0 Å². The van der Waals surface area contributed by atoms with Crippen LogP contribution >= 0.6 is 11.6 Å². The van der Waals surface area contributed by atoms with E-state index in [0.717, 1.165) is 17.8 Å². The Hall–Kier alpha value is -2.91. The van der Waals surface area contributed by atoms with Crippen LogP contribution in [-0.4, -0.2) is 46.2 Å². The van der Waals surface area contributed by atoms with Gasteiger partial charge >= 0.3 is 6.18 Å². The van der Waals surface area contributed by atoms with Gasteiger partial charge in [-0.2, -0.15) is 18.3 Å². The van der Waals surface area contributed by atoms with Crippen molar-refractivity contribution in [2.24, 2.45) is 0 Å². The molecule has 3 aromatic rings. The predicted octanol–water partition coefficient (Wildman–Crippen LogP) is 4.28. The van der Waals surface area contributed by atoms with Crippen LogP contribution in [0.25, 0.3) is 5.82 Å². The second-order valence-electron chi connectivity index (χ2n) is 7.17. The van der Waals surface area contributed by atoms with Crippen molar-refractivity contribution in [1.29, 1.82) is 0 Å². The topological polar surface area (TPSA) is 63.1 Å². The fraction of sp³-hybridized carbons (Fsp3) is 0.286. The molecule has 6 nitrogen and oxygen atoms in total. The molecule has 0 fully saturated rings. The third-order valence-corrected chi connectivity index (χ3v) is 5.23. The number of nitrogens with one attached hydrogen (secondary N) is 1. The van der Waals surface area contributed by atoms with Gasteiger partial charge in [0.1, 0.15) is 0 Å². The van der Waals surface area contributed by atoms with Crippen LogP contribution in [0.15, 0.2) is 48.8 Å². The fourth-order valence-corrected chi connectivity index (χ4v) is 3.40. The summed E-state index contributed by atoms with van der Waals surface area (Å²) in [5.41, 5.74) is 0.798. The van der Waals surface area contributed by atoms with Gasteiger partial charge in [-0.05, 0) is 44.8 Å². The van der Waals surface area contributed by atoms with E-state index in [2.05, 4.69) is 15.4 Å². The summed E-state index contributed by atoms with van der Waals surface area (Å²) >= 11 is 6.30. The summed E-state index contributed by atoms with van der Waals surface area (Å²) < 4.78 is 39.5. The zero-order chi connectivity index (χ0) is 22.8. The van der Waals surface area contributed by atoms with Gasteiger partial charge < -0.3 is 10.2 Å². The molecule has 0 saturated carbocycles. The molecule has 0 aliphatic carbocycles. The van der Waals surface area contributed by atoms with Crippen molar-refractivity contribution in [3.05, 3.63) is 76.2 Å². The third kappa shape index (κ3) is 5.05. The molecule has 0 saturated heterocycles. The number of benzene rings is 1. The first-order chi connectivity index (χ1) is 14.6. The highest BCUT2D eigenvalue weighted by Crippen LogP contribution is 2.29. The average molecular weight is 452 g/mol. The molecule has 1 unspecified atom stereocenters. The number of rotatable bonds is 6. The molecule has 10 heteroatoms. The van der Waals surface area contributed by atoms with Crippen LogP contribution in [-0.2, 0) is 6.18 Å². The maximum atomic E-state index is 12.8. The van der Waals surface area contributed by atoms with Crippen LogP contribution in [0.1, 0.15) is 33.2 Å². The van der Waals surface area contributed by atoms with Gasteiger partial charge in [0.05, 0.1) is 29.1 Å². The number of likely N-dealkylation sites (N-methyl/N-ethyl adjacent to an activating group) is 1. The molecular formula is C21H21ClF3N5O. The molecule has 1 N–H and O–H groups in total. The van der Waals surface area contributed by atoms with E-state index in [1.165, 1.54) is 16.9 Å². The van der Waals surface area contributed by atoms with E-state index in [1.807, 2.05) is 37.2 Å². The van der Waals surface area contributed by atoms with Gasteiger partial charge in [0.15, 0.2) is 5.82 Å². The second kappa shape index (κ2) is 9.07. The monoisotopic (exact) mass is 451 g/mol. The maximum absolute atomic E-state index is 12.8. The predicted molar refractivity (Wildman–Crippen MR) is 111 cm³/mol. The summed E-state index contributed by atoms with van der Waals surface area (Å²) in [6.45, 7) is 1.96. The summed E-state index contributed by atoms with van der Waals surface area (Å²) in [6, 6.07) is 9.40. The van der Waals surface area contributed by atoms with Crippen molar-refractivity contribution < 1.29 is 18.0 Å². The lowest BCUT2D eigenvalue weighted by atomic mass is 10.1. The number of halogens is 4.